The zero-order valence-corrected chi connectivity index (χ0v) is 41.1. The Bertz CT molecular complexity index is 2520. The normalized spacial score (nSPS) is 23.1. The fraction of sp³-hybridized carbons (Fsp3) is 0.571. The van der Waals surface area contributed by atoms with E-state index in [9.17, 15) is 24.0 Å². The number of piperazine rings is 1. The first-order valence-electron chi connectivity index (χ1n) is 23.7. The molecule has 8 rings (SSSR count). The van der Waals surface area contributed by atoms with Gasteiger partial charge in [-0.25, -0.2) is 15.2 Å². The second-order valence-corrected chi connectivity index (χ2v) is 20.6. The number of pyridine rings is 1. The van der Waals surface area contributed by atoms with Gasteiger partial charge in [0.2, 0.25) is 11.8 Å². The molecule has 4 aliphatic heterocycles. The van der Waals surface area contributed by atoms with Crippen molar-refractivity contribution in [1.29, 1.82) is 0 Å². The number of methoxy groups -OCH3 is 1. The summed E-state index contributed by atoms with van der Waals surface area (Å²) in [6.07, 6.45) is 3.20. The second kappa shape index (κ2) is 19.7. The van der Waals surface area contributed by atoms with Crippen LogP contribution in [0.4, 0.5) is 4.79 Å². The van der Waals surface area contributed by atoms with Gasteiger partial charge in [-0.15, -0.1) is 11.3 Å². The van der Waals surface area contributed by atoms with Crippen molar-refractivity contribution in [2.24, 2.45) is 11.3 Å². The number of thiazole rings is 1. The van der Waals surface area contributed by atoms with Gasteiger partial charge in [-0.2, -0.15) is 0 Å². The molecule has 7 heterocycles. The largest absolute Gasteiger partial charge is 0.464 e. The highest BCUT2D eigenvalue weighted by Crippen LogP contribution is 2.42. The molecular weight excluding hydrogens is 873 g/mol. The topological polar surface area (TPSA) is 193 Å². The molecule has 0 saturated carbocycles. The van der Waals surface area contributed by atoms with Gasteiger partial charge in [-0.05, 0) is 75.8 Å². The van der Waals surface area contributed by atoms with Crippen LogP contribution in [0.2, 0.25) is 0 Å². The number of esters is 1. The molecule has 18 heteroatoms. The Labute approximate surface area is 396 Å². The monoisotopic (exact) mass is 938 g/mol. The maximum absolute atomic E-state index is 14.7. The van der Waals surface area contributed by atoms with E-state index < -0.39 is 41.3 Å². The fourth-order valence-corrected chi connectivity index (χ4v) is 10.8. The lowest BCUT2D eigenvalue weighted by molar-refractivity contribution is -0.155. The van der Waals surface area contributed by atoms with E-state index in [-0.39, 0.29) is 49.1 Å². The third kappa shape index (κ3) is 9.94. The first-order valence-corrected chi connectivity index (χ1v) is 24.6. The molecule has 360 valence electrons. The van der Waals surface area contributed by atoms with Crippen molar-refractivity contribution < 1.29 is 33.4 Å². The number of hydrazine groups is 1. The summed E-state index contributed by atoms with van der Waals surface area (Å²) in [6.45, 7) is 16.9. The van der Waals surface area contributed by atoms with E-state index in [0.717, 1.165) is 44.7 Å². The summed E-state index contributed by atoms with van der Waals surface area (Å²) < 4.78 is 14.2. The van der Waals surface area contributed by atoms with Crippen LogP contribution < -0.4 is 16.1 Å². The number of amides is 5. The van der Waals surface area contributed by atoms with E-state index >= 15 is 0 Å². The molecular formula is C49H66N10O7S. The molecule has 0 unspecified atom stereocenters. The van der Waals surface area contributed by atoms with Gasteiger partial charge in [-0.3, -0.25) is 29.2 Å². The fourth-order valence-electron chi connectivity index (χ4n) is 9.98. The minimum atomic E-state index is -1.08. The van der Waals surface area contributed by atoms with E-state index in [0.29, 0.717) is 63.5 Å². The van der Waals surface area contributed by atoms with Crippen LogP contribution in [0.5, 0.6) is 0 Å². The number of likely N-dealkylation sites (N-methyl/N-ethyl adjacent to an activating group) is 1. The van der Waals surface area contributed by atoms with Gasteiger partial charge < -0.3 is 39.4 Å². The Balaban J connectivity index is 1.13. The van der Waals surface area contributed by atoms with Crippen LogP contribution in [0.15, 0.2) is 41.9 Å². The Morgan fingerprint density at radius 1 is 1.12 bits per heavy atom. The van der Waals surface area contributed by atoms with Gasteiger partial charge >= 0.3 is 12.0 Å². The maximum Gasteiger partial charge on any atom is 0.324 e. The number of cyclic esters (lactones) is 1. The summed E-state index contributed by atoms with van der Waals surface area (Å²) in [5.74, 6) is -1.63. The van der Waals surface area contributed by atoms with Crippen molar-refractivity contribution in [2.75, 3.05) is 53.5 Å². The van der Waals surface area contributed by atoms with E-state index in [1.807, 2.05) is 44.0 Å². The molecule has 1 aromatic carbocycles. The van der Waals surface area contributed by atoms with Crippen molar-refractivity contribution in [3.8, 4) is 22.5 Å². The molecule has 3 N–H and O–H groups in total. The summed E-state index contributed by atoms with van der Waals surface area (Å²) in [7, 11) is 3.30. The first kappa shape index (κ1) is 48.0. The minimum absolute atomic E-state index is 0.0454. The average Bonchev–Trinajstić information content (AvgIpc) is 4.00. The number of hydrogen-bond acceptors (Lipinski definition) is 12. The van der Waals surface area contributed by atoms with Gasteiger partial charge in [0.15, 0.2) is 0 Å². The lowest BCUT2D eigenvalue weighted by atomic mass is 9.84. The molecule has 6 atom stereocenters. The number of ether oxygens (including phenoxy) is 2. The van der Waals surface area contributed by atoms with Crippen LogP contribution >= 0.6 is 11.3 Å². The summed E-state index contributed by atoms with van der Waals surface area (Å²) in [4.78, 5) is 84.9. The average molecular weight is 939 g/mol. The predicted octanol–water partition coefficient (Wildman–Crippen LogP) is 4.78. The molecule has 0 radical (unpaired) electrons. The van der Waals surface area contributed by atoms with Crippen LogP contribution in [0.1, 0.15) is 83.7 Å². The number of aryl methyl sites for hydroxylation is 1. The van der Waals surface area contributed by atoms with Crippen molar-refractivity contribution in [1.82, 2.24) is 50.3 Å². The number of hydrogen-bond donors (Lipinski definition) is 3. The molecule has 5 amide bonds. The number of carbonyl (C=O) groups excluding carboxylic acids is 5. The lowest BCUT2D eigenvalue weighted by Crippen LogP contribution is -2.63. The van der Waals surface area contributed by atoms with Gasteiger partial charge in [0.05, 0.1) is 40.8 Å². The van der Waals surface area contributed by atoms with Gasteiger partial charge in [-0.1, -0.05) is 33.8 Å². The molecule has 17 nitrogen and oxygen atoms in total. The maximum atomic E-state index is 14.7. The summed E-state index contributed by atoms with van der Waals surface area (Å²) in [5.41, 5.74) is 9.28. The Hall–Kier alpha value is -5.43. The summed E-state index contributed by atoms with van der Waals surface area (Å²) in [6, 6.07) is 6.96. The second-order valence-electron chi connectivity index (χ2n) is 19.6. The smallest absolute Gasteiger partial charge is 0.324 e. The van der Waals surface area contributed by atoms with E-state index in [1.165, 1.54) is 21.2 Å². The summed E-state index contributed by atoms with van der Waals surface area (Å²) >= 11 is 1.41. The molecule has 3 saturated heterocycles. The van der Waals surface area contributed by atoms with E-state index in [1.54, 1.807) is 25.3 Å². The van der Waals surface area contributed by atoms with Crippen LogP contribution in [0, 0.1) is 11.3 Å². The minimum Gasteiger partial charge on any atom is -0.464 e. The molecule has 4 aliphatic rings. The highest BCUT2D eigenvalue weighted by Gasteiger charge is 2.42. The number of urea groups is 1. The molecule has 0 spiro atoms. The summed E-state index contributed by atoms with van der Waals surface area (Å²) in [5, 5.41) is 11.2. The molecule has 67 heavy (non-hydrogen) atoms. The van der Waals surface area contributed by atoms with Crippen LogP contribution in [0.3, 0.4) is 0 Å². The van der Waals surface area contributed by atoms with E-state index in [2.05, 4.69) is 65.7 Å². The van der Waals surface area contributed by atoms with Crippen LogP contribution in [-0.2, 0) is 48.0 Å². The lowest BCUT2D eigenvalue weighted by Gasteiger charge is -2.42. The highest BCUT2D eigenvalue weighted by atomic mass is 32.1. The van der Waals surface area contributed by atoms with Gasteiger partial charge in [0.1, 0.15) is 18.1 Å². The number of aromatic nitrogens is 3. The molecule has 4 aromatic rings. The van der Waals surface area contributed by atoms with E-state index in [4.69, 9.17) is 19.4 Å². The SMILES string of the molecule is CCn1c(-c2cccnc2[C@H](C)OC)c2c3cc(ccc31)-c1csc(n1)C[C@H](NC(=O)[C@H](C(C)C)N(C)C(=O)N1CCN(C(=O)[C@H]3CN3)[C@H](C)C1)C(=O)N1CCC[C@H](N1)C(=O)OCC(C)(C)C2. The third-order valence-electron chi connectivity index (χ3n) is 13.7. The number of benzene rings is 1. The molecule has 0 aliphatic carbocycles. The third-order valence-corrected chi connectivity index (χ3v) is 14.5. The van der Waals surface area contributed by atoms with Gasteiger partial charge in [0, 0.05) is 105 Å². The van der Waals surface area contributed by atoms with Crippen molar-refractivity contribution in [2.45, 2.75) is 117 Å². The first-order chi connectivity index (χ1) is 32.0. The molecule has 3 fully saturated rings. The number of fused-ring (bicyclic) bond motifs is 6. The Kier molecular flexibility index (Phi) is 14.1. The highest BCUT2D eigenvalue weighted by molar-refractivity contribution is 7.10. The number of nitrogens with zero attached hydrogens (tertiary/aromatic N) is 7. The number of carbonyl (C=O) groups is 5. The standard InChI is InChI=1S/C49H66N10O7S/c1-10-57-39-16-15-31-21-33(39)34(43(57)32-13-11-17-50-41(32)30(5)65-9)23-49(6,7)27-66-47(63)35-14-12-18-59(54-35)46(62)36(22-40-52-38(31)26-67-40)53-44(60)42(28(2)3)55(8)48(64)56-19-20-58(29(4)25-56)45(61)37-24-51-37/h11,13,15-17,21,26,28-30,35-37,42,51,54H,10,12,14,18-20,22-25,27H2,1-9H3,(H,53,60)/t29-,30+,35+,36+,37-,42+/m1/s1. The predicted molar refractivity (Wildman–Crippen MR) is 256 cm³/mol. The van der Waals surface area contributed by atoms with Crippen molar-refractivity contribution in [3.63, 3.8) is 0 Å². The van der Waals surface area contributed by atoms with Crippen molar-refractivity contribution in [3.05, 3.63) is 58.2 Å². The van der Waals surface area contributed by atoms with Crippen LogP contribution in [0.25, 0.3) is 33.4 Å². The quantitative estimate of drug-likeness (QED) is 0.155. The Morgan fingerprint density at radius 2 is 1.90 bits per heavy atom. The van der Waals surface area contributed by atoms with Crippen molar-refractivity contribution >= 4 is 52.0 Å². The zero-order valence-electron chi connectivity index (χ0n) is 40.3. The molecule has 6 bridgehead atoms. The van der Waals surface area contributed by atoms with Gasteiger partial charge in [0.25, 0.3) is 5.91 Å². The zero-order chi connectivity index (χ0) is 47.9. The number of rotatable bonds is 9. The van der Waals surface area contributed by atoms with Crippen LogP contribution in [-0.4, -0.2) is 148 Å². The molecule has 3 aromatic heterocycles. The Morgan fingerprint density at radius 3 is 2.60 bits per heavy atom. The number of nitrogens with one attached hydrogen (secondary N) is 3.